The summed E-state index contributed by atoms with van der Waals surface area (Å²) in [6.45, 7) is 6.98. The van der Waals surface area contributed by atoms with E-state index in [4.69, 9.17) is 23.8 Å². The summed E-state index contributed by atoms with van der Waals surface area (Å²) in [6, 6.07) is 13.1. The Balaban J connectivity index is 1.86. The molecule has 29 heavy (non-hydrogen) atoms. The van der Waals surface area contributed by atoms with E-state index >= 15 is 0 Å². The van der Waals surface area contributed by atoms with Gasteiger partial charge in [-0.15, -0.1) is 0 Å². The molecule has 150 valence electrons. The monoisotopic (exact) mass is 426 g/mol. The molecule has 3 heterocycles. The molecule has 3 aromatic rings. The van der Waals surface area contributed by atoms with E-state index in [0.717, 1.165) is 34.3 Å². The highest BCUT2D eigenvalue weighted by Gasteiger charge is 2.40. The first-order chi connectivity index (χ1) is 13.9. The lowest BCUT2D eigenvalue weighted by atomic mass is 9.97. The van der Waals surface area contributed by atoms with Gasteiger partial charge in [-0.3, -0.25) is 4.98 Å². The number of aryl methyl sites for hydroxylation is 1. The zero-order valence-electron chi connectivity index (χ0n) is 16.6. The zero-order valence-corrected chi connectivity index (χ0v) is 18.1. The number of aromatic nitrogens is 2. The quantitative estimate of drug-likeness (QED) is 0.584. The predicted molar refractivity (Wildman–Crippen MR) is 120 cm³/mol. The summed E-state index contributed by atoms with van der Waals surface area (Å²) >= 11 is 11.8. The average molecular weight is 427 g/mol. The van der Waals surface area contributed by atoms with Crippen LogP contribution >= 0.6 is 23.8 Å². The number of hydrogen-bond donors (Lipinski definition) is 2. The number of pyridine rings is 1. The number of rotatable bonds is 4. The molecule has 0 radical (unpaired) electrons. The first-order valence-electron chi connectivity index (χ1n) is 9.58. The molecule has 0 unspecified atom stereocenters. The SMILES string of the molecule is CCN1C(=S)N[C@@H](c2ccccn2)[C@H]1c1cc(C)n(-c2cc(Cl)ccc2O)c1C. The van der Waals surface area contributed by atoms with Gasteiger partial charge in [0.1, 0.15) is 5.75 Å². The molecule has 0 spiro atoms. The third-order valence-corrected chi connectivity index (χ3v) is 6.09. The predicted octanol–water partition coefficient (Wildman–Crippen LogP) is 4.84. The molecule has 2 aromatic heterocycles. The summed E-state index contributed by atoms with van der Waals surface area (Å²) in [7, 11) is 0. The molecule has 7 heteroatoms. The van der Waals surface area contributed by atoms with Crippen LogP contribution in [0.4, 0.5) is 0 Å². The number of nitrogens with one attached hydrogen (secondary N) is 1. The number of hydrogen-bond acceptors (Lipinski definition) is 3. The van der Waals surface area contributed by atoms with Crippen molar-refractivity contribution >= 4 is 28.9 Å². The van der Waals surface area contributed by atoms with E-state index in [1.54, 1.807) is 24.4 Å². The minimum absolute atomic E-state index is 0.00340. The molecule has 1 aliphatic rings. The normalized spacial score (nSPS) is 18.9. The van der Waals surface area contributed by atoms with E-state index in [0.29, 0.717) is 10.7 Å². The third kappa shape index (κ3) is 3.36. The van der Waals surface area contributed by atoms with Crippen LogP contribution in [-0.2, 0) is 0 Å². The molecular formula is C22H23ClN4OS. The Kier molecular flexibility index (Phi) is 5.23. The van der Waals surface area contributed by atoms with Crippen LogP contribution in [0.15, 0.2) is 48.7 Å². The summed E-state index contributed by atoms with van der Waals surface area (Å²) in [5, 5.41) is 15.2. The summed E-state index contributed by atoms with van der Waals surface area (Å²) < 4.78 is 2.04. The minimum Gasteiger partial charge on any atom is -0.506 e. The fourth-order valence-corrected chi connectivity index (χ4v) is 4.75. The molecule has 2 atom stereocenters. The van der Waals surface area contributed by atoms with Crippen LogP contribution in [0, 0.1) is 13.8 Å². The Bertz CT molecular complexity index is 1070. The van der Waals surface area contributed by atoms with Gasteiger partial charge in [-0.1, -0.05) is 17.7 Å². The number of nitrogens with zero attached hydrogens (tertiary/aromatic N) is 3. The van der Waals surface area contributed by atoms with Crippen LogP contribution in [0.5, 0.6) is 5.75 Å². The first kappa shape index (κ1) is 19.7. The van der Waals surface area contributed by atoms with Crippen molar-refractivity contribution < 1.29 is 5.11 Å². The van der Waals surface area contributed by atoms with Crippen molar-refractivity contribution in [3.8, 4) is 11.4 Å². The van der Waals surface area contributed by atoms with Crippen LogP contribution in [0.25, 0.3) is 5.69 Å². The van der Waals surface area contributed by atoms with Crippen molar-refractivity contribution in [3.05, 3.63) is 76.3 Å². The lowest BCUT2D eigenvalue weighted by Crippen LogP contribution is -2.29. The number of benzene rings is 1. The van der Waals surface area contributed by atoms with Gasteiger partial charge in [0.05, 0.1) is 23.5 Å². The third-order valence-electron chi connectivity index (χ3n) is 5.51. The van der Waals surface area contributed by atoms with Crippen molar-refractivity contribution in [2.45, 2.75) is 32.9 Å². The molecular weight excluding hydrogens is 404 g/mol. The maximum absolute atomic E-state index is 10.4. The largest absolute Gasteiger partial charge is 0.506 e. The Morgan fingerprint density at radius 1 is 1.21 bits per heavy atom. The maximum Gasteiger partial charge on any atom is 0.170 e. The number of phenolic OH excluding ortho intramolecular Hbond substituents is 1. The second kappa shape index (κ2) is 7.69. The van der Waals surface area contributed by atoms with Crippen molar-refractivity contribution in [3.63, 3.8) is 0 Å². The molecule has 1 aromatic carbocycles. The zero-order chi connectivity index (χ0) is 20.7. The second-order valence-corrected chi connectivity index (χ2v) is 8.03. The Hall–Kier alpha value is -2.57. The van der Waals surface area contributed by atoms with Gasteiger partial charge < -0.3 is 19.9 Å². The average Bonchev–Trinajstić information content (AvgIpc) is 3.19. The van der Waals surface area contributed by atoms with Gasteiger partial charge in [-0.05, 0) is 75.0 Å². The Labute approximate surface area is 180 Å². The van der Waals surface area contributed by atoms with Gasteiger partial charge in [0.15, 0.2) is 5.11 Å². The number of thiocarbonyl (C=S) groups is 1. The van der Waals surface area contributed by atoms with Gasteiger partial charge in [-0.2, -0.15) is 0 Å². The van der Waals surface area contributed by atoms with E-state index in [1.165, 1.54) is 0 Å². The van der Waals surface area contributed by atoms with E-state index < -0.39 is 0 Å². The number of aromatic hydroxyl groups is 1. The van der Waals surface area contributed by atoms with E-state index in [-0.39, 0.29) is 17.8 Å². The lowest BCUT2D eigenvalue weighted by molar-refractivity contribution is 0.329. The summed E-state index contributed by atoms with van der Waals surface area (Å²) in [5.74, 6) is 0.191. The van der Waals surface area contributed by atoms with E-state index in [1.807, 2.05) is 29.7 Å². The van der Waals surface area contributed by atoms with Crippen molar-refractivity contribution in [2.24, 2.45) is 0 Å². The van der Waals surface area contributed by atoms with Crippen LogP contribution in [0.2, 0.25) is 5.02 Å². The van der Waals surface area contributed by atoms with Crippen molar-refractivity contribution in [2.75, 3.05) is 6.54 Å². The highest BCUT2D eigenvalue weighted by Crippen LogP contribution is 2.41. The van der Waals surface area contributed by atoms with Crippen molar-refractivity contribution in [1.29, 1.82) is 0 Å². The summed E-state index contributed by atoms with van der Waals surface area (Å²) in [4.78, 5) is 6.76. The van der Waals surface area contributed by atoms with Crippen LogP contribution < -0.4 is 5.32 Å². The number of phenols is 1. The lowest BCUT2D eigenvalue weighted by Gasteiger charge is -2.27. The molecule has 4 rings (SSSR count). The highest BCUT2D eigenvalue weighted by molar-refractivity contribution is 7.80. The minimum atomic E-state index is -0.0504. The van der Waals surface area contributed by atoms with Crippen LogP contribution in [0.1, 0.15) is 41.7 Å². The molecule has 5 nitrogen and oxygen atoms in total. The molecule has 2 N–H and O–H groups in total. The Morgan fingerprint density at radius 2 is 2.00 bits per heavy atom. The smallest absolute Gasteiger partial charge is 0.170 e. The summed E-state index contributed by atoms with van der Waals surface area (Å²) in [5.41, 5.74) is 4.82. The van der Waals surface area contributed by atoms with Crippen LogP contribution in [0.3, 0.4) is 0 Å². The van der Waals surface area contributed by atoms with Gasteiger partial charge in [0.2, 0.25) is 0 Å². The van der Waals surface area contributed by atoms with E-state index in [2.05, 4.69) is 35.1 Å². The standard InChI is InChI=1S/C22H23ClN4OS/c1-4-26-21(20(25-22(26)29)17-7-5-6-10-24-17)16-11-13(2)27(14(16)3)18-12-15(23)8-9-19(18)28/h5-12,20-21,28H,4H2,1-3H3,(H,25,29)/t20-,21+/m0/s1. The molecule has 0 aliphatic carbocycles. The first-order valence-corrected chi connectivity index (χ1v) is 10.4. The number of likely N-dealkylation sites (N-methyl/N-ethyl adjacent to an activating group) is 1. The molecule has 0 bridgehead atoms. The molecule has 0 saturated carbocycles. The molecule has 1 fully saturated rings. The molecule has 0 amide bonds. The van der Waals surface area contributed by atoms with Crippen molar-refractivity contribution in [1.82, 2.24) is 19.8 Å². The highest BCUT2D eigenvalue weighted by atomic mass is 35.5. The second-order valence-electron chi connectivity index (χ2n) is 7.21. The topological polar surface area (TPSA) is 53.3 Å². The van der Waals surface area contributed by atoms with Crippen LogP contribution in [-0.4, -0.2) is 31.2 Å². The maximum atomic E-state index is 10.4. The van der Waals surface area contributed by atoms with Gasteiger partial charge >= 0.3 is 0 Å². The Morgan fingerprint density at radius 3 is 2.69 bits per heavy atom. The molecule has 1 aliphatic heterocycles. The fraction of sp³-hybridized carbons (Fsp3) is 0.273. The molecule has 1 saturated heterocycles. The number of halogens is 1. The fourth-order valence-electron chi connectivity index (χ4n) is 4.22. The van der Waals surface area contributed by atoms with Gasteiger partial charge in [-0.25, -0.2) is 0 Å². The van der Waals surface area contributed by atoms with E-state index in [9.17, 15) is 5.11 Å². The summed E-state index contributed by atoms with van der Waals surface area (Å²) in [6.07, 6.45) is 1.80. The van der Waals surface area contributed by atoms with Gasteiger partial charge in [0, 0.05) is 29.2 Å². The van der Waals surface area contributed by atoms with Gasteiger partial charge in [0.25, 0.3) is 0 Å².